The Hall–Kier alpha value is -3.28. The Balaban J connectivity index is 2.09. The number of aryl methyl sites for hydroxylation is 1. The summed E-state index contributed by atoms with van der Waals surface area (Å²) in [6.07, 6.45) is 0.735. The van der Waals surface area contributed by atoms with Gasteiger partial charge in [-0.2, -0.15) is 0 Å². The summed E-state index contributed by atoms with van der Waals surface area (Å²) in [4.78, 5) is 29.9. The fourth-order valence-electron chi connectivity index (χ4n) is 4.49. The Morgan fingerprint density at radius 3 is 2.24 bits per heavy atom. The smallest absolute Gasteiger partial charge is 0.295 e. The molecule has 6 heteroatoms. The Labute approximate surface area is 202 Å². The molecule has 1 saturated heterocycles. The number of rotatable bonds is 9. The molecule has 0 aromatic heterocycles. The molecule has 2 aromatic carbocycles. The number of likely N-dealkylation sites (tertiary alicyclic amines) is 1. The van der Waals surface area contributed by atoms with Crippen LogP contribution < -0.4 is 9.64 Å². The molecular formula is C28H36N2O4. The van der Waals surface area contributed by atoms with E-state index in [-0.39, 0.29) is 17.4 Å². The molecule has 0 bridgehead atoms. The van der Waals surface area contributed by atoms with Crippen LogP contribution in [0.4, 0.5) is 5.69 Å². The normalized spacial score (nSPS) is 17.5. The molecule has 0 radical (unpaired) electrons. The topological polar surface area (TPSA) is 70.1 Å². The summed E-state index contributed by atoms with van der Waals surface area (Å²) >= 11 is 0. The van der Waals surface area contributed by atoms with E-state index in [0.29, 0.717) is 18.5 Å². The third-order valence-corrected chi connectivity index (χ3v) is 6.15. The van der Waals surface area contributed by atoms with Crippen LogP contribution in [0.2, 0.25) is 0 Å². The molecule has 1 aliphatic heterocycles. The van der Waals surface area contributed by atoms with Gasteiger partial charge in [-0.1, -0.05) is 19.1 Å². The molecule has 1 fully saturated rings. The zero-order valence-corrected chi connectivity index (χ0v) is 21.1. The highest BCUT2D eigenvalue weighted by atomic mass is 16.5. The van der Waals surface area contributed by atoms with Gasteiger partial charge in [-0.15, -0.1) is 0 Å². The Morgan fingerprint density at radius 2 is 1.71 bits per heavy atom. The van der Waals surface area contributed by atoms with Crippen molar-refractivity contribution in [3.63, 3.8) is 0 Å². The average molecular weight is 465 g/mol. The number of nitrogens with zero attached hydrogens (tertiary/aromatic N) is 2. The third-order valence-electron chi connectivity index (χ3n) is 6.15. The zero-order chi connectivity index (χ0) is 25.0. The highest BCUT2D eigenvalue weighted by molar-refractivity contribution is 6.46. The van der Waals surface area contributed by atoms with E-state index in [4.69, 9.17) is 4.74 Å². The molecule has 0 saturated carbocycles. The van der Waals surface area contributed by atoms with E-state index in [1.54, 1.807) is 23.1 Å². The predicted molar refractivity (Wildman–Crippen MR) is 136 cm³/mol. The number of ketones is 1. The lowest BCUT2D eigenvalue weighted by atomic mass is 9.94. The van der Waals surface area contributed by atoms with Crippen molar-refractivity contribution in [1.29, 1.82) is 0 Å². The number of benzene rings is 2. The first kappa shape index (κ1) is 25.3. The number of hydrogen-bond acceptors (Lipinski definition) is 5. The molecule has 6 nitrogen and oxygen atoms in total. The number of carbonyl (C=O) groups is 2. The molecule has 1 amide bonds. The van der Waals surface area contributed by atoms with Gasteiger partial charge in [0.15, 0.2) is 0 Å². The van der Waals surface area contributed by atoms with Gasteiger partial charge < -0.3 is 19.6 Å². The fraction of sp³-hybridized carbons (Fsp3) is 0.429. The van der Waals surface area contributed by atoms with Crippen molar-refractivity contribution in [1.82, 2.24) is 4.90 Å². The molecule has 0 aliphatic carbocycles. The van der Waals surface area contributed by atoms with E-state index in [2.05, 4.69) is 18.7 Å². The second-order valence-electron chi connectivity index (χ2n) is 8.90. The van der Waals surface area contributed by atoms with Gasteiger partial charge in [-0.25, -0.2) is 0 Å². The lowest BCUT2D eigenvalue weighted by Crippen LogP contribution is -2.30. The highest BCUT2D eigenvalue weighted by Gasteiger charge is 2.45. The van der Waals surface area contributed by atoms with E-state index >= 15 is 0 Å². The lowest BCUT2D eigenvalue weighted by Gasteiger charge is -2.26. The van der Waals surface area contributed by atoms with Gasteiger partial charge in [0.05, 0.1) is 17.7 Å². The highest BCUT2D eigenvalue weighted by Crippen LogP contribution is 2.40. The fourth-order valence-corrected chi connectivity index (χ4v) is 4.49. The first-order valence-corrected chi connectivity index (χ1v) is 12.1. The molecule has 1 aliphatic rings. The van der Waals surface area contributed by atoms with Crippen LogP contribution in [0.5, 0.6) is 5.75 Å². The molecule has 1 N–H and O–H groups in total. The quantitative estimate of drug-likeness (QED) is 0.303. The van der Waals surface area contributed by atoms with Crippen molar-refractivity contribution >= 4 is 23.1 Å². The Kier molecular flexibility index (Phi) is 8.02. The van der Waals surface area contributed by atoms with Crippen LogP contribution in [0.25, 0.3) is 5.76 Å². The summed E-state index contributed by atoms with van der Waals surface area (Å²) in [5.41, 5.74) is 3.36. The molecule has 182 valence electrons. The van der Waals surface area contributed by atoms with E-state index in [1.165, 1.54) is 0 Å². The van der Waals surface area contributed by atoms with Crippen molar-refractivity contribution < 1.29 is 19.4 Å². The average Bonchev–Trinajstić information content (AvgIpc) is 3.06. The van der Waals surface area contributed by atoms with Gasteiger partial charge in [0.25, 0.3) is 11.7 Å². The predicted octanol–water partition coefficient (Wildman–Crippen LogP) is 5.46. The first-order valence-electron chi connectivity index (χ1n) is 12.1. The minimum absolute atomic E-state index is 0.0248. The maximum Gasteiger partial charge on any atom is 0.295 e. The first-order chi connectivity index (χ1) is 16.2. The molecule has 1 atom stereocenters. The number of hydrogen-bond donors (Lipinski definition) is 1. The van der Waals surface area contributed by atoms with Crippen LogP contribution >= 0.6 is 0 Å². The zero-order valence-electron chi connectivity index (χ0n) is 21.1. The van der Waals surface area contributed by atoms with Crippen LogP contribution in [-0.2, 0) is 9.59 Å². The van der Waals surface area contributed by atoms with Crippen LogP contribution in [0, 0.1) is 6.92 Å². The number of aliphatic hydroxyl groups is 1. The maximum absolute atomic E-state index is 13.1. The van der Waals surface area contributed by atoms with Crippen molar-refractivity contribution in [2.75, 3.05) is 24.5 Å². The molecule has 34 heavy (non-hydrogen) atoms. The summed E-state index contributed by atoms with van der Waals surface area (Å²) in [7, 11) is 0. The van der Waals surface area contributed by atoms with Gasteiger partial charge in [-0.3, -0.25) is 9.59 Å². The van der Waals surface area contributed by atoms with Gasteiger partial charge in [0.2, 0.25) is 0 Å². The Bertz CT molecular complexity index is 1070. The standard InChI is InChI=1S/C28H36N2O4/c1-7-16-30-25(20-10-13-22(14-11-20)29(8-2)9-3)24(27(32)28(30)33)26(31)21-12-15-23(19(6)17-21)34-18(4)5/h10-15,17-18,25,31H,7-9,16H2,1-6H3/b26-24-. The molecule has 0 spiro atoms. The van der Waals surface area contributed by atoms with Crippen LogP contribution in [0.1, 0.15) is 63.8 Å². The van der Waals surface area contributed by atoms with Crippen molar-refractivity contribution in [2.24, 2.45) is 0 Å². The monoisotopic (exact) mass is 464 g/mol. The van der Waals surface area contributed by atoms with Crippen molar-refractivity contribution in [2.45, 2.75) is 60.1 Å². The van der Waals surface area contributed by atoms with E-state index in [0.717, 1.165) is 35.7 Å². The van der Waals surface area contributed by atoms with Crippen molar-refractivity contribution in [3.8, 4) is 5.75 Å². The van der Waals surface area contributed by atoms with Crippen LogP contribution in [-0.4, -0.2) is 47.4 Å². The SMILES string of the molecule is CCCN1C(=O)C(=O)/C(=C(\O)c2ccc(OC(C)C)c(C)c2)C1c1ccc(N(CC)CC)cc1. The lowest BCUT2D eigenvalue weighted by molar-refractivity contribution is -0.139. The van der Waals surface area contributed by atoms with Gasteiger partial charge in [0, 0.05) is 30.9 Å². The number of anilines is 1. The van der Waals surface area contributed by atoms with Crippen LogP contribution in [0.3, 0.4) is 0 Å². The summed E-state index contributed by atoms with van der Waals surface area (Å²) < 4.78 is 5.80. The number of amides is 1. The molecular weight excluding hydrogens is 428 g/mol. The largest absolute Gasteiger partial charge is 0.507 e. The number of carbonyl (C=O) groups excluding carboxylic acids is 2. The second kappa shape index (κ2) is 10.8. The molecule has 1 unspecified atom stereocenters. The summed E-state index contributed by atoms with van der Waals surface area (Å²) in [6.45, 7) is 14.2. The molecule has 3 rings (SSSR count). The minimum atomic E-state index is -0.649. The second-order valence-corrected chi connectivity index (χ2v) is 8.90. The van der Waals surface area contributed by atoms with Gasteiger partial charge >= 0.3 is 0 Å². The van der Waals surface area contributed by atoms with Gasteiger partial charge in [0.1, 0.15) is 11.5 Å². The van der Waals surface area contributed by atoms with Crippen molar-refractivity contribution in [3.05, 3.63) is 64.7 Å². The summed E-state index contributed by atoms with van der Waals surface area (Å²) in [5, 5.41) is 11.3. The van der Waals surface area contributed by atoms with E-state index in [9.17, 15) is 14.7 Å². The summed E-state index contributed by atoms with van der Waals surface area (Å²) in [5.74, 6) is -0.655. The summed E-state index contributed by atoms with van der Waals surface area (Å²) in [6, 6.07) is 12.6. The third kappa shape index (κ3) is 4.96. The molecule has 2 aromatic rings. The number of Topliss-reactive ketones (excluding diaryl/α,β-unsaturated/α-hetero) is 1. The number of ether oxygens (including phenoxy) is 1. The van der Waals surface area contributed by atoms with E-state index in [1.807, 2.05) is 52.0 Å². The van der Waals surface area contributed by atoms with E-state index < -0.39 is 17.7 Å². The van der Waals surface area contributed by atoms with Gasteiger partial charge in [-0.05, 0) is 82.5 Å². The number of aliphatic hydroxyl groups excluding tert-OH is 1. The minimum Gasteiger partial charge on any atom is -0.507 e. The Morgan fingerprint density at radius 1 is 1.06 bits per heavy atom. The maximum atomic E-state index is 13.1. The molecule has 1 heterocycles. The van der Waals surface area contributed by atoms with Crippen LogP contribution in [0.15, 0.2) is 48.0 Å².